The van der Waals surface area contributed by atoms with Crippen molar-refractivity contribution in [3.05, 3.63) is 102 Å². The monoisotopic (exact) mass is 433 g/mol. The largest absolute Gasteiger partial charge is 0.356 e. The molecule has 0 saturated heterocycles. The molecule has 1 aliphatic rings. The topological polar surface area (TPSA) is 12.0 Å². The van der Waals surface area contributed by atoms with E-state index in [1.165, 1.54) is 38.6 Å². The second kappa shape index (κ2) is 7.49. The van der Waals surface area contributed by atoms with E-state index < -0.39 is 8.07 Å². The zero-order chi connectivity index (χ0) is 22.5. The van der Waals surface area contributed by atoms with Crippen LogP contribution in [0.5, 0.6) is 0 Å². The summed E-state index contributed by atoms with van der Waals surface area (Å²) in [6.07, 6.45) is 0. The van der Waals surface area contributed by atoms with E-state index in [0.29, 0.717) is 0 Å². The highest BCUT2D eigenvalue weighted by Gasteiger charge is 2.35. The molecular formula is C30H31NSi. The Morgan fingerprint density at radius 2 is 1.16 bits per heavy atom. The quantitative estimate of drug-likeness (QED) is 0.322. The van der Waals surface area contributed by atoms with Gasteiger partial charge in [0.15, 0.2) is 0 Å². The molecule has 1 aliphatic carbocycles. The Bertz CT molecular complexity index is 1280. The average molecular weight is 434 g/mol. The third-order valence-corrected chi connectivity index (χ3v) is 8.91. The Hall–Kier alpha value is -3.10. The highest BCUT2D eigenvalue weighted by molar-refractivity contribution is 6.88. The van der Waals surface area contributed by atoms with E-state index >= 15 is 0 Å². The molecule has 0 heterocycles. The van der Waals surface area contributed by atoms with Crippen LogP contribution in [-0.4, -0.2) is 8.07 Å². The fourth-order valence-electron chi connectivity index (χ4n) is 4.86. The SMILES string of the molecule is CC1(C)c2ccccc2-c2ccc(Nc3ccc(-c4ccc([Si](C)(C)C)cc4)cc3)cc21. The minimum atomic E-state index is -1.26. The molecule has 0 aliphatic heterocycles. The van der Waals surface area contributed by atoms with Crippen LogP contribution in [0.2, 0.25) is 19.6 Å². The summed E-state index contributed by atoms with van der Waals surface area (Å²) in [4.78, 5) is 0. The molecule has 4 aromatic rings. The molecule has 0 bridgehead atoms. The van der Waals surface area contributed by atoms with Crippen LogP contribution in [0.25, 0.3) is 22.3 Å². The number of nitrogens with one attached hydrogen (secondary N) is 1. The van der Waals surface area contributed by atoms with E-state index in [1.807, 2.05) is 0 Å². The van der Waals surface area contributed by atoms with E-state index in [2.05, 4.69) is 130 Å². The minimum Gasteiger partial charge on any atom is -0.356 e. The third kappa shape index (κ3) is 3.59. The molecule has 0 radical (unpaired) electrons. The lowest BCUT2D eigenvalue weighted by Crippen LogP contribution is -2.37. The maximum Gasteiger partial charge on any atom is 0.0775 e. The van der Waals surface area contributed by atoms with Gasteiger partial charge in [-0.05, 0) is 57.6 Å². The van der Waals surface area contributed by atoms with Crippen molar-refractivity contribution >= 4 is 24.6 Å². The van der Waals surface area contributed by atoms with Gasteiger partial charge in [-0.1, -0.05) is 105 Å². The van der Waals surface area contributed by atoms with Crippen LogP contribution in [0.1, 0.15) is 25.0 Å². The summed E-state index contributed by atoms with van der Waals surface area (Å²) in [7, 11) is -1.26. The van der Waals surface area contributed by atoms with Crippen LogP contribution in [0, 0.1) is 0 Å². The zero-order valence-electron chi connectivity index (χ0n) is 19.7. The lowest BCUT2D eigenvalue weighted by atomic mass is 9.82. The molecule has 0 fully saturated rings. The predicted molar refractivity (Wildman–Crippen MR) is 142 cm³/mol. The number of rotatable bonds is 4. The molecule has 5 rings (SSSR count). The fourth-order valence-corrected chi connectivity index (χ4v) is 6.02. The molecule has 0 saturated carbocycles. The van der Waals surface area contributed by atoms with Gasteiger partial charge in [0.2, 0.25) is 0 Å². The first-order chi connectivity index (χ1) is 15.2. The van der Waals surface area contributed by atoms with Gasteiger partial charge in [-0.3, -0.25) is 0 Å². The first-order valence-electron chi connectivity index (χ1n) is 11.5. The van der Waals surface area contributed by atoms with Gasteiger partial charge >= 0.3 is 0 Å². The predicted octanol–water partition coefficient (Wildman–Crippen LogP) is 7.95. The van der Waals surface area contributed by atoms with Gasteiger partial charge in [0, 0.05) is 16.8 Å². The average Bonchev–Trinajstić information content (AvgIpc) is 3.01. The van der Waals surface area contributed by atoms with Crippen LogP contribution >= 0.6 is 0 Å². The van der Waals surface area contributed by atoms with Crippen molar-refractivity contribution in [3.8, 4) is 22.3 Å². The van der Waals surface area contributed by atoms with Crippen molar-refractivity contribution in [2.75, 3.05) is 5.32 Å². The third-order valence-electron chi connectivity index (χ3n) is 6.84. The maximum absolute atomic E-state index is 3.61. The molecule has 160 valence electrons. The Balaban J connectivity index is 1.38. The molecule has 0 atom stereocenters. The summed E-state index contributed by atoms with van der Waals surface area (Å²) < 4.78 is 0. The fraction of sp³-hybridized carbons (Fsp3) is 0.200. The van der Waals surface area contributed by atoms with Gasteiger partial charge in [0.05, 0.1) is 8.07 Å². The minimum absolute atomic E-state index is 0.0234. The highest BCUT2D eigenvalue weighted by Crippen LogP contribution is 2.49. The second-order valence-corrected chi connectivity index (χ2v) is 15.5. The second-order valence-electron chi connectivity index (χ2n) is 10.5. The Morgan fingerprint density at radius 3 is 1.81 bits per heavy atom. The summed E-state index contributed by atoms with van der Waals surface area (Å²) in [6.45, 7) is 11.8. The van der Waals surface area contributed by atoms with E-state index in [0.717, 1.165) is 11.4 Å². The molecular weight excluding hydrogens is 402 g/mol. The highest BCUT2D eigenvalue weighted by atomic mass is 28.3. The van der Waals surface area contributed by atoms with Gasteiger partial charge < -0.3 is 5.32 Å². The molecule has 0 spiro atoms. The summed E-state index contributed by atoms with van der Waals surface area (Å²) in [5.41, 5.74) is 10.3. The van der Waals surface area contributed by atoms with Crippen molar-refractivity contribution in [3.63, 3.8) is 0 Å². The first-order valence-corrected chi connectivity index (χ1v) is 15.0. The molecule has 0 aromatic heterocycles. The molecule has 4 aromatic carbocycles. The van der Waals surface area contributed by atoms with Crippen LogP contribution in [0.3, 0.4) is 0 Å². The van der Waals surface area contributed by atoms with Crippen LogP contribution < -0.4 is 10.5 Å². The normalized spacial score (nSPS) is 14.0. The lowest BCUT2D eigenvalue weighted by Gasteiger charge is -2.22. The summed E-state index contributed by atoms with van der Waals surface area (Å²) in [5, 5.41) is 5.11. The summed E-state index contributed by atoms with van der Waals surface area (Å²) in [5.74, 6) is 0. The number of anilines is 2. The van der Waals surface area contributed by atoms with Crippen LogP contribution in [-0.2, 0) is 5.41 Å². The van der Waals surface area contributed by atoms with Crippen molar-refractivity contribution in [2.24, 2.45) is 0 Å². The van der Waals surface area contributed by atoms with Gasteiger partial charge in [0.1, 0.15) is 0 Å². The molecule has 1 N–H and O–H groups in total. The Morgan fingerprint density at radius 1 is 0.594 bits per heavy atom. The Kier molecular flexibility index (Phi) is 4.87. The number of benzene rings is 4. The van der Waals surface area contributed by atoms with Crippen molar-refractivity contribution in [1.29, 1.82) is 0 Å². The van der Waals surface area contributed by atoms with Crippen molar-refractivity contribution < 1.29 is 0 Å². The van der Waals surface area contributed by atoms with Gasteiger partial charge in [-0.15, -0.1) is 0 Å². The smallest absolute Gasteiger partial charge is 0.0775 e. The Labute approximate surface area is 193 Å². The maximum atomic E-state index is 3.61. The number of fused-ring (bicyclic) bond motifs is 3. The van der Waals surface area contributed by atoms with Crippen molar-refractivity contribution in [2.45, 2.75) is 38.9 Å². The molecule has 1 nitrogen and oxygen atoms in total. The summed E-state index contributed by atoms with van der Waals surface area (Å²) in [6, 6.07) is 33.5. The molecule has 0 unspecified atom stereocenters. The van der Waals surface area contributed by atoms with Gasteiger partial charge in [0.25, 0.3) is 0 Å². The van der Waals surface area contributed by atoms with Crippen molar-refractivity contribution in [1.82, 2.24) is 0 Å². The standard InChI is InChI=1S/C30H31NSi/c1-30(2)28-9-7-6-8-26(28)27-19-16-24(20-29(27)30)31-23-14-10-21(11-15-23)22-12-17-25(18-13-22)32(3,4)5/h6-20,31H,1-5H3. The zero-order valence-corrected chi connectivity index (χ0v) is 20.7. The van der Waals surface area contributed by atoms with Crippen LogP contribution in [0.15, 0.2) is 91.0 Å². The number of hydrogen-bond donors (Lipinski definition) is 1. The van der Waals surface area contributed by atoms with Gasteiger partial charge in [-0.2, -0.15) is 0 Å². The lowest BCUT2D eigenvalue weighted by molar-refractivity contribution is 0.660. The van der Waals surface area contributed by atoms with E-state index in [4.69, 9.17) is 0 Å². The van der Waals surface area contributed by atoms with E-state index in [-0.39, 0.29) is 5.41 Å². The summed E-state index contributed by atoms with van der Waals surface area (Å²) >= 11 is 0. The van der Waals surface area contributed by atoms with E-state index in [9.17, 15) is 0 Å². The van der Waals surface area contributed by atoms with E-state index in [1.54, 1.807) is 0 Å². The van der Waals surface area contributed by atoms with Crippen LogP contribution in [0.4, 0.5) is 11.4 Å². The molecule has 32 heavy (non-hydrogen) atoms. The molecule has 0 amide bonds. The number of hydrogen-bond acceptors (Lipinski definition) is 1. The molecule has 2 heteroatoms. The first kappa shape index (κ1) is 20.8. The van der Waals surface area contributed by atoms with Gasteiger partial charge in [-0.25, -0.2) is 0 Å².